The van der Waals surface area contributed by atoms with E-state index < -0.39 is 0 Å². The van der Waals surface area contributed by atoms with Gasteiger partial charge in [-0.3, -0.25) is 4.79 Å². The molecule has 1 aliphatic heterocycles. The lowest BCUT2D eigenvalue weighted by Gasteiger charge is -2.26. The highest BCUT2D eigenvalue weighted by molar-refractivity contribution is 7.15. The van der Waals surface area contributed by atoms with Crippen LogP contribution in [0.5, 0.6) is 0 Å². The maximum atomic E-state index is 12.7. The highest BCUT2D eigenvalue weighted by atomic mass is 32.1. The van der Waals surface area contributed by atoms with E-state index in [9.17, 15) is 4.79 Å². The standard InChI is InChI=1S/C23H29N5OS/c1-17-6-5-7-20(14-17)27-18(2)26-9-4-3-8-21-19(16-24)15-22(30-21)23(29)28-12-10-25-11-13-28/h3,5-9,14-15,25,27H,2,4,10-13,16,24H2,1H3/b8-3-,26-9-. The lowest BCUT2D eigenvalue weighted by Crippen LogP contribution is -2.46. The maximum absolute atomic E-state index is 12.7. The summed E-state index contributed by atoms with van der Waals surface area (Å²) in [6.45, 7) is 9.58. The third-order valence-corrected chi connectivity index (χ3v) is 5.87. The fourth-order valence-electron chi connectivity index (χ4n) is 3.19. The van der Waals surface area contributed by atoms with Gasteiger partial charge in [0.15, 0.2) is 0 Å². The molecule has 0 radical (unpaired) electrons. The number of piperazine rings is 1. The van der Waals surface area contributed by atoms with Gasteiger partial charge in [0.2, 0.25) is 0 Å². The molecule has 2 aromatic rings. The highest BCUT2D eigenvalue weighted by Crippen LogP contribution is 2.25. The van der Waals surface area contributed by atoms with Crippen LogP contribution in [0.3, 0.4) is 0 Å². The number of allylic oxidation sites excluding steroid dienone is 1. The number of thiophene rings is 1. The van der Waals surface area contributed by atoms with E-state index in [0.29, 0.717) is 18.8 Å². The van der Waals surface area contributed by atoms with Crippen LogP contribution in [0, 0.1) is 6.92 Å². The van der Waals surface area contributed by atoms with Gasteiger partial charge < -0.3 is 21.3 Å². The Balaban J connectivity index is 1.55. The predicted molar refractivity (Wildman–Crippen MR) is 127 cm³/mol. The van der Waals surface area contributed by atoms with Crippen molar-refractivity contribution in [3.63, 3.8) is 0 Å². The number of carbonyl (C=O) groups is 1. The zero-order chi connectivity index (χ0) is 21.3. The number of benzene rings is 1. The van der Waals surface area contributed by atoms with Crippen molar-refractivity contribution in [3.05, 3.63) is 69.7 Å². The zero-order valence-electron chi connectivity index (χ0n) is 17.4. The van der Waals surface area contributed by atoms with Crippen molar-refractivity contribution in [2.75, 3.05) is 31.5 Å². The third kappa shape index (κ3) is 6.13. The van der Waals surface area contributed by atoms with Gasteiger partial charge in [0.05, 0.1) is 4.88 Å². The van der Waals surface area contributed by atoms with Gasteiger partial charge in [0.1, 0.15) is 5.82 Å². The maximum Gasteiger partial charge on any atom is 0.264 e. The summed E-state index contributed by atoms with van der Waals surface area (Å²) in [5.41, 5.74) is 9.04. The van der Waals surface area contributed by atoms with Crippen molar-refractivity contribution >= 4 is 35.2 Å². The summed E-state index contributed by atoms with van der Waals surface area (Å²) in [5.74, 6) is 0.688. The molecule has 6 nitrogen and oxygen atoms in total. The second kappa shape index (κ2) is 10.9. The van der Waals surface area contributed by atoms with Crippen molar-refractivity contribution in [2.45, 2.75) is 19.9 Å². The molecule has 1 aliphatic rings. The molecule has 0 bridgehead atoms. The summed E-state index contributed by atoms with van der Waals surface area (Å²) in [6.07, 6.45) is 6.51. The number of nitrogens with zero attached hydrogens (tertiary/aromatic N) is 2. The van der Waals surface area contributed by atoms with Gasteiger partial charge in [-0.05, 0) is 42.3 Å². The van der Waals surface area contributed by atoms with Crippen LogP contribution >= 0.6 is 11.3 Å². The minimum atomic E-state index is 0.0935. The fraction of sp³-hybridized carbons (Fsp3) is 0.304. The third-order valence-electron chi connectivity index (χ3n) is 4.74. The quantitative estimate of drug-likeness (QED) is 0.567. The molecule has 1 saturated heterocycles. The summed E-state index contributed by atoms with van der Waals surface area (Å²) in [7, 11) is 0. The van der Waals surface area contributed by atoms with E-state index in [1.54, 1.807) is 0 Å². The molecule has 0 saturated carbocycles. The summed E-state index contributed by atoms with van der Waals surface area (Å²) < 4.78 is 0. The largest absolute Gasteiger partial charge is 0.341 e. The summed E-state index contributed by atoms with van der Waals surface area (Å²) >= 11 is 1.50. The molecule has 0 spiro atoms. The number of aliphatic imine (C=N–C) groups is 1. The van der Waals surface area contributed by atoms with Gasteiger partial charge in [-0.15, -0.1) is 11.3 Å². The molecule has 1 aromatic heterocycles. The Hall–Kier alpha value is -2.74. The lowest BCUT2D eigenvalue weighted by atomic mass is 10.2. The molecule has 0 aliphatic carbocycles. The highest BCUT2D eigenvalue weighted by Gasteiger charge is 2.20. The second-order valence-corrected chi connectivity index (χ2v) is 8.22. The molecule has 7 heteroatoms. The van der Waals surface area contributed by atoms with E-state index in [1.807, 2.05) is 60.5 Å². The molecule has 4 N–H and O–H groups in total. The van der Waals surface area contributed by atoms with Gasteiger partial charge in [-0.1, -0.05) is 24.8 Å². The van der Waals surface area contributed by atoms with Gasteiger partial charge in [-0.25, -0.2) is 4.99 Å². The molecule has 30 heavy (non-hydrogen) atoms. The van der Waals surface area contributed by atoms with Crippen LogP contribution in [-0.2, 0) is 6.54 Å². The molecule has 1 amide bonds. The number of hydrogen-bond donors (Lipinski definition) is 3. The monoisotopic (exact) mass is 423 g/mol. The topological polar surface area (TPSA) is 82.8 Å². The van der Waals surface area contributed by atoms with Gasteiger partial charge in [0, 0.05) is 55.9 Å². The van der Waals surface area contributed by atoms with Crippen LogP contribution in [0.2, 0.25) is 0 Å². The predicted octanol–water partition coefficient (Wildman–Crippen LogP) is 3.62. The Labute approximate surface area is 182 Å². The number of nitrogens with one attached hydrogen (secondary N) is 2. The lowest BCUT2D eigenvalue weighted by molar-refractivity contribution is 0.0740. The minimum absolute atomic E-state index is 0.0935. The number of amides is 1. The molecular formula is C23H29N5OS. The average Bonchev–Trinajstić information content (AvgIpc) is 3.17. The molecule has 0 unspecified atom stereocenters. The Kier molecular flexibility index (Phi) is 7.96. The summed E-state index contributed by atoms with van der Waals surface area (Å²) in [4.78, 5) is 20.7. The van der Waals surface area contributed by atoms with Crippen molar-refractivity contribution in [1.29, 1.82) is 0 Å². The average molecular weight is 424 g/mol. The smallest absolute Gasteiger partial charge is 0.264 e. The number of rotatable bonds is 8. The number of carbonyl (C=O) groups excluding carboxylic acids is 1. The molecule has 158 valence electrons. The van der Waals surface area contributed by atoms with E-state index in [1.165, 1.54) is 16.9 Å². The molecule has 0 atom stereocenters. The molecule has 1 aromatic carbocycles. The van der Waals surface area contributed by atoms with Crippen LogP contribution in [0.1, 0.15) is 32.1 Å². The number of nitrogens with two attached hydrogens (primary N) is 1. The van der Waals surface area contributed by atoms with Gasteiger partial charge >= 0.3 is 0 Å². The molecule has 3 rings (SSSR count). The van der Waals surface area contributed by atoms with Crippen LogP contribution < -0.4 is 16.4 Å². The van der Waals surface area contributed by atoms with Crippen LogP contribution in [0.15, 0.2) is 53.8 Å². The first-order valence-corrected chi connectivity index (χ1v) is 10.9. The van der Waals surface area contributed by atoms with E-state index in [-0.39, 0.29) is 5.91 Å². The van der Waals surface area contributed by atoms with E-state index in [2.05, 4.69) is 22.2 Å². The van der Waals surface area contributed by atoms with Crippen LogP contribution in [0.25, 0.3) is 6.08 Å². The van der Waals surface area contributed by atoms with Crippen molar-refractivity contribution in [2.24, 2.45) is 10.7 Å². The SMILES string of the molecule is C=C(/N=C\C/C=C\c1sc(C(=O)N2CCNCC2)cc1CN)Nc1cccc(C)c1. The number of aryl methyl sites for hydroxylation is 1. The first-order valence-electron chi connectivity index (χ1n) is 10.1. The zero-order valence-corrected chi connectivity index (χ0v) is 18.2. The van der Waals surface area contributed by atoms with Crippen LogP contribution in [0.4, 0.5) is 5.69 Å². The van der Waals surface area contributed by atoms with Crippen molar-refractivity contribution in [3.8, 4) is 0 Å². The van der Waals surface area contributed by atoms with Gasteiger partial charge in [-0.2, -0.15) is 0 Å². The second-order valence-electron chi connectivity index (χ2n) is 7.14. The Morgan fingerprint density at radius 2 is 2.17 bits per heavy atom. The first-order chi connectivity index (χ1) is 14.6. The van der Waals surface area contributed by atoms with E-state index >= 15 is 0 Å². The van der Waals surface area contributed by atoms with Crippen molar-refractivity contribution in [1.82, 2.24) is 10.2 Å². The summed E-state index contributed by atoms with van der Waals surface area (Å²) in [6, 6.07) is 10.00. The molecular weight excluding hydrogens is 394 g/mol. The fourth-order valence-corrected chi connectivity index (χ4v) is 4.29. The normalized spacial score (nSPS) is 14.5. The Morgan fingerprint density at radius 1 is 1.37 bits per heavy atom. The van der Waals surface area contributed by atoms with Crippen molar-refractivity contribution < 1.29 is 4.79 Å². The molecule has 2 heterocycles. The van der Waals surface area contributed by atoms with E-state index in [4.69, 9.17) is 5.73 Å². The number of hydrogen-bond acceptors (Lipinski definition) is 6. The van der Waals surface area contributed by atoms with Crippen LogP contribution in [-0.4, -0.2) is 43.2 Å². The Morgan fingerprint density at radius 3 is 2.90 bits per heavy atom. The molecule has 1 fully saturated rings. The first kappa shape index (κ1) is 22.0. The Bertz CT molecular complexity index is 941. The summed E-state index contributed by atoms with van der Waals surface area (Å²) in [5, 5.41) is 6.45. The van der Waals surface area contributed by atoms with Gasteiger partial charge in [0.25, 0.3) is 5.91 Å². The van der Waals surface area contributed by atoms with E-state index in [0.717, 1.165) is 47.2 Å². The number of anilines is 1. The minimum Gasteiger partial charge on any atom is -0.341 e.